The molecule has 0 bridgehead atoms. The van der Waals surface area contributed by atoms with Crippen LogP contribution in [-0.2, 0) is 4.79 Å². The quantitative estimate of drug-likeness (QED) is 0.313. The molecule has 0 saturated heterocycles. The van der Waals surface area contributed by atoms with Gasteiger partial charge in [0.25, 0.3) is 0 Å². The topological polar surface area (TPSA) is 37.3 Å². The van der Waals surface area contributed by atoms with Crippen LogP contribution >= 0.6 is 37.5 Å². The largest absolute Gasteiger partial charge is 0.481 e. The fraction of sp³-hybridized carbons (Fsp3) is 0.917. The van der Waals surface area contributed by atoms with Crippen LogP contribution in [0.25, 0.3) is 0 Å². The molecule has 0 aromatic carbocycles. The molecule has 1 atom stereocenters. The van der Waals surface area contributed by atoms with Crippen LogP contribution < -0.4 is 0 Å². The number of carboxylic acids is 1. The highest BCUT2D eigenvalue weighted by atomic mass is 79.9. The van der Waals surface area contributed by atoms with Crippen LogP contribution in [0.3, 0.4) is 0 Å². The molecule has 0 aliphatic carbocycles. The van der Waals surface area contributed by atoms with Crippen molar-refractivity contribution in [2.75, 3.05) is 16.8 Å². The Labute approximate surface area is 121 Å². The highest BCUT2D eigenvalue weighted by molar-refractivity contribution is 9.09. The number of unbranched alkanes of at least 4 members (excludes halogenated alkanes) is 2. The third kappa shape index (κ3) is 11.5. The van der Waals surface area contributed by atoms with E-state index in [0.717, 1.165) is 30.3 Å². The average Bonchev–Trinajstić information content (AvgIpc) is 2.31. The molecule has 2 nitrogen and oxygen atoms in total. The molecule has 0 amide bonds. The van der Waals surface area contributed by atoms with Crippen LogP contribution in [0, 0.1) is 5.92 Å². The Kier molecular flexibility index (Phi) is 13.6. The van der Waals surface area contributed by atoms with E-state index in [1.54, 1.807) is 0 Å². The smallest absolute Gasteiger partial charge is 0.306 e. The third-order valence-corrected chi connectivity index (χ3v) is 5.54. The first-order valence-corrected chi connectivity index (χ1v) is 9.86. The first-order chi connectivity index (χ1) is 8.22. The number of alkyl halides is 1. The van der Waals surface area contributed by atoms with Crippen LogP contribution in [-0.4, -0.2) is 27.9 Å². The number of carbonyl (C=O) groups is 1. The number of hydrogen-bond donors (Lipinski definition) is 1. The number of carboxylic acid groups (broad SMARTS) is 1. The van der Waals surface area contributed by atoms with E-state index in [0.29, 0.717) is 0 Å². The second kappa shape index (κ2) is 13.1. The summed E-state index contributed by atoms with van der Waals surface area (Å²) in [6.45, 7) is 2.22. The molecule has 0 aromatic rings. The van der Waals surface area contributed by atoms with Gasteiger partial charge in [-0.3, -0.25) is 4.79 Å². The van der Waals surface area contributed by atoms with E-state index in [2.05, 4.69) is 22.9 Å². The molecular weight excluding hydrogens is 320 g/mol. The molecule has 17 heavy (non-hydrogen) atoms. The monoisotopic (exact) mass is 342 g/mol. The van der Waals surface area contributed by atoms with Crippen LogP contribution in [0.5, 0.6) is 0 Å². The molecule has 0 fully saturated rings. The molecule has 1 unspecified atom stereocenters. The molecule has 102 valence electrons. The van der Waals surface area contributed by atoms with Gasteiger partial charge in [-0.05, 0) is 25.7 Å². The average molecular weight is 343 g/mol. The van der Waals surface area contributed by atoms with Gasteiger partial charge in [-0.15, -0.1) is 0 Å². The molecule has 0 heterocycles. The standard InChI is InChI=1S/C12H23BrO2S2/c1-2-3-4-9-16-17-10-5-6-11(7-8-13)12(14)15/h11H,2-10H2,1H3,(H,14,15). The minimum absolute atomic E-state index is 0.167. The fourth-order valence-corrected chi connectivity index (χ4v) is 4.25. The van der Waals surface area contributed by atoms with Crippen LogP contribution in [0.1, 0.15) is 45.4 Å². The first-order valence-electron chi connectivity index (χ1n) is 6.25. The van der Waals surface area contributed by atoms with Gasteiger partial charge in [0.05, 0.1) is 5.92 Å². The van der Waals surface area contributed by atoms with Crippen LogP contribution in [0.15, 0.2) is 0 Å². The van der Waals surface area contributed by atoms with Crippen molar-refractivity contribution in [2.24, 2.45) is 5.92 Å². The third-order valence-electron chi connectivity index (χ3n) is 2.50. The molecule has 0 aliphatic heterocycles. The summed E-state index contributed by atoms with van der Waals surface area (Å²) in [7, 11) is 3.81. The molecule has 0 radical (unpaired) electrons. The summed E-state index contributed by atoms with van der Waals surface area (Å²) in [4.78, 5) is 10.9. The normalized spacial score (nSPS) is 12.6. The van der Waals surface area contributed by atoms with E-state index in [1.807, 2.05) is 21.6 Å². The van der Waals surface area contributed by atoms with Gasteiger partial charge in [0.1, 0.15) is 0 Å². The lowest BCUT2D eigenvalue weighted by molar-refractivity contribution is -0.142. The van der Waals surface area contributed by atoms with E-state index >= 15 is 0 Å². The molecular formula is C12H23BrO2S2. The van der Waals surface area contributed by atoms with Crippen LogP contribution in [0.2, 0.25) is 0 Å². The van der Waals surface area contributed by atoms with E-state index in [4.69, 9.17) is 5.11 Å². The van der Waals surface area contributed by atoms with Crippen molar-refractivity contribution in [3.63, 3.8) is 0 Å². The summed E-state index contributed by atoms with van der Waals surface area (Å²) in [5.74, 6) is 1.48. The van der Waals surface area contributed by atoms with Crippen LogP contribution in [0.4, 0.5) is 0 Å². The molecule has 0 rings (SSSR count). The van der Waals surface area contributed by atoms with Gasteiger partial charge in [-0.2, -0.15) is 0 Å². The Morgan fingerprint density at radius 2 is 1.82 bits per heavy atom. The minimum atomic E-state index is -0.648. The summed E-state index contributed by atoms with van der Waals surface area (Å²) in [5, 5.41) is 9.75. The predicted molar refractivity (Wildman–Crippen MR) is 83.2 cm³/mol. The second-order valence-electron chi connectivity index (χ2n) is 4.01. The Balaban J connectivity index is 3.33. The summed E-state index contributed by atoms with van der Waals surface area (Å²) in [6.07, 6.45) is 6.45. The lowest BCUT2D eigenvalue weighted by Gasteiger charge is -2.09. The highest BCUT2D eigenvalue weighted by Crippen LogP contribution is 2.25. The van der Waals surface area contributed by atoms with Crippen molar-refractivity contribution in [1.29, 1.82) is 0 Å². The zero-order valence-electron chi connectivity index (χ0n) is 10.5. The first kappa shape index (κ1) is 17.6. The van der Waals surface area contributed by atoms with Crippen molar-refractivity contribution >= 4 is 43.5 Å². The highest BCUT2D eigenvalue weighted by Gasteiger charge is 2.15. The zero-order chi connectivity index (χ0) is 12.9. The summed E-state index contributed by atoms with van der Waals surface area (Å²) < 4.78 is 0. The maximum atomic E-state index is 10.9. The maximum absolute atomic E-state index is 10.9. The Hall–Kier alpha value is 0.650. The van der Waals surface area contributed by atoms with Gasteiger partial charge >= 0.3 is 5.97 Å². The second-order valence-corrected chi connectivity index (χ2v) is 7.50. The molecule has 1 N–H and O–H groups in total. The summed E-state index contributed by atoms with van der Waals surface area (Å²) >= 11 is 3.30. The van der Waals surface area contributed by atoms with Crippen molar-refractivity contribution < 1.29 is 9.90 Å². The molecule has 0 aromatic heterocycles. The number of rotatable bonds is 12. The van der Waals surface area contributed by atoms with Crippen molar-refractivity contribution in [1.82, 2.24) is 0 Å². The summed E-state index contributed by atoms with van der Waals surface area (Å²) in [6, 6.07) is 0. The van der Waals surface area contributed by atoms with Gasteiger partial charge < -0.3 is 5.11 Å². The van der Waals surface area contributed by atoms with E-state index in [-0.39, 0.29) is 5.92 Å². The number of halogens is 1. The molecule has 0 aliphatic rings. The number of aliphatic carboxylic acids is 1. The fourth-order valence-electron chi connectivity index (χ4n) is 1.44. The van der Waals surface area contributed by atoms with Gasteiger partial charge in [0.2, 0.25) is 0 Å². The predicted octanol–water partition coefficient (Wildman–Crippen LogP) is 4.82. The molecule has 5 heteroatoms. The van der Waals surface area contributed by atoms with Gasteiger partial charge in [0.15, 0.2) is 0 Å². The Morgan fingerprint density at radius 1 is 1.18 bits per heavy atom. The molecule has 0 saturated carbocycles. The van der Waals surface area contributed by atoms with Gasteiger partial charge in [-0.1, -0.05) is 57.3 Å². The zero-order valence-corrected chi connectivity index (χ0v) is 13.7. The Bertz CT molecular complexity index is 191. The van der Waals surface area contributed by atoms with Crippen molar-refractivity contribution in [2.45, 2.75) is 45.4 Å². The number of hydrogen-bond acceptors (Lipinski definition) is 3. The van der Waals surface area contributed by atoms with E-state index in [9.17, 15) is 4.79 Å². The van der Waals surface area contributed by atoms with Gasteiger partial charge in [0, 0.05) is 16.8 Å². The van der Waals surface area contributed by atoms with E-state index < -0.39 is 5.97 Å². The summed E-state index contributed by atoms with van der Waals surface area (Å²) in [5.41, 5.74) is 0. The SMILES string of the molecule is CCCCCSSCCCC(CCBr)C(=O)O. The lowest BCUT2D eigenvalue weighted by Crippen LogP contribution is -2.14. The minimum Gasteiger partial charge on any atom is -0.481 e. The van der Waals surface area contributed by atoms with Crippen molar-refractivity contribution in [3.05, 3.63) is 0 Å². The Morgan fingerprint density at radius 3 is 2.35 bits per heavy atom. The van der Waals surface area contributed by atoms with Crippen molar-refractivity contribution in [3.8, 4) is 0 Å². The van der Waals surface area contributed by atoms with E-state index in [1.165, 1.54) is 25.0 Å². The lowest BCUT2D eigenvalue weighted by atomic mass is 10.0. The van der Waals surface area contributed by atoms with Gasteiger partial charge in [-0.25, -0.2) is 0 Å². The maximum Gasteiger partial charge on any atom is 0.306 e. The molecule has 0 spiro atoms.